The van der Waals surface area contributed by atoms with Crippen LogP contribution in [0, 0.1) is 6.92 Å². The van der Waals surface area contributed by atoms with Gasteiger partial charge in [-0.25, -0.2) is 4.79 Å². The van der Waals surface area contributed by atoms with E-state index in [2.05, 4.69) is 0 Å². The molecular weight excluding hydrogens is 442 g/mol. The second kappa shape index (κ2) is 8.33. The largest absolute Gasteiger partial charge is 0.332 e. The third kappa shape index (κ3) is 3.54. The topological polar surface area (TPSA) is 79.7 Å². The molecule has 0 unspecified atom stereocenters. The summed E-state index contributed by atoms with van der Waals surface area (Å²) >= 11 is 6.09. The number of ketones is 1. The Morgan fingerprint density at radius 2 is 1.42 bits per heavy atom. The van der Waals surface area contributed by atoms with Gasteiger partial charge in [-0.15, -0.1) is 0 Å². The van der Waals surface area contributed by atoms with Gasteiger partial charge in [0.25, 0.3) is 0 Å². The van der Waals surface area contributed by atoms with Crippen LogP contribution >= 0.6 is 11.6 Å². The Bertz CT molecular complexity index is 1270. The number of urea groups is 1. The molecule has 0 bridgehead atoms. The fourth-order valence-electron chi connectivity index (χ4n) is 4.39. The SMILES string of the molecule is CC(=O)c1c(C2C(=O)N(C)C(=O)N(C)C2=O)c(-c2ccccc2)n(-c2ccc(Cl)cc2)c1C. The molecule has 4 amide bonds. The van der Waals surface area contributed by atoms with Gasteiger partial charge in [-0.05, 0) is 43.7 Å². The number of Topliss-reactive ketones (excluding diaryl/α,β-unsaturated/α-hetero) is 1. The Kier molecular flexibility index (Phi) is 5.68. The molecule has 0 spiro atoms. The maximum atomic E-state index is 13.3. The van der Waals surface area contributed by atoms with E-state index < -0.39 is 23.8 Å². The first-order valence-electron chi connectivity index (χ1n) is 10.3. The molecular formula is C25H22ClN3O4. The van der Waals surface area contributed by atoms with Crippen molar-refractivity contribution in [2.75, 3.05) is 14.1 Å². The molecule has 2 aromatic carbocycles. The highest BCUT2D eigenvalue weighted by atomic mass is 35.5. The maximum absolute atomic E-state index is 13.3. The van der Waals surface area contributed by atoms with Crippen LogP contribution in [-0.4, -0.2) is 52.1 Å². The van der Waals surface area contributed by atoms with Crippen LogP contribution in [0.1, 0.15) is 34.5 Å². The van der Waals surface area contributed by atoms with Gasteiger partial charge < -0.3 is 4.57 Å². The van der Waals surface area contributed by atoms with Gasteiger partial charge >= 0.3 is 6.03 Å². The number of imide groups is 2. The molecule has 0 saturated carbocycles. The first kappa shape index (κ1) is 22.5. The standard InChI is InChI=1S/C25H22ClN3O4/c1-14-19(15(2)30)20(21-23(31)27(3)25(33)28(4)24(21)32)22(16-8-6-5-7-9-16)29(14)18-12-10-17(26)11-13-18/h5-13,21H,1-4H3. The maximum Gasteiger partial charge on any atom is 0.332 e. The second-order valence-electron chi connectivity index (χ2n) is 7.97. The molecule has 168 valence electrons. The number of carbonyl (C=O) groups excluding carboxylic acids is 4. The molecule has 1 fully saturated rings. The summed E-state index contributed by atoms with van der Waals surface area (Å²) in [6.07, 6.45) is 0. The molecule has 2 heterocycles. The molecule has 33 heavy (non-hydrogen) atoms. The first-order chi connectivity index (χ1) is 15.6. The van der Waals surface area contributed by atoms with Crippen molar-refractivity contribution in [3.8, 4) is 16.9 Å². The summed E-state index contributed by atoms with van der Waals surface area (Å²) in [5.41, 5.74) is 3.15. The summed E-state index contributed by atoms with van der Waals surface area (Å²) in [5.74, 6) is -2.96. The summed E-state index contributed by atoms with van der Waals surface area (Å²) in [6.45, 7) is 3.18. The van der Waals surface area contributed by atoms with Crippen LogP contribution < -0.4 is 0 Å². The molecule has 0 aliphatic carbocycles. The van der Waals surface area contributed by atoms with E-state index in [0.717, 1.165) is 21.1 Å². The predicted molar refractivity (Wildman–Crippen MR) is 125 cm³/mol. The molecule has 3 aromatic rings. The lowest BCUT2D eigenvalue weighted by Gasteiger charge is -2.33. The van der Waals surface area contributed by atoms with Gasteiger partial charge in [-0.1, -0.05) is 41.9 Å². The smallest absolute Gasteiger partial charge is 0.313 e. The average Bonchev–Trinajstić information content (AvgIpc) is 3.10. The molecule has 4 rings (SSSR count). The quantitative estimate of drug-likeness (QED) is 0.423. The summed E-state index contributed by atoms with van der Waals surface area (Å²) in [6, 6.07) is 15.6. The van der Waals surface area contributed by atoms with Crippen molar-refractivity contribution in [2.45, 2.75) is 19.8 Å². The van der Waals surface area contributed by atoms with Gasteiger partial charge in [0, 0.05) is 41.6 Å². The Labute approximate surface area is 196 Å². The summed E-state index contributed by atoms with van der Waals surface area (Å²) in [7, 11) is 2.67. The molecule has 8 heteroatoms. The fraction of sp³-hybridized carbons (Fsp3) is 0.200. The predicted octanol–water partition coefficient (Wildman–Crippen LogP) is 4.44. The zero-order valence-electron chi connectivity index (χ0n) is 18.6. The number of hydrogen-bond acceptors (Lipinski definition) is 4. The number of aromatic nitrogens is 1. The lowest BCUT2D eigenvalue weighted by molar-refractivity contribution is -0.143. The number of hydrogen-bond donors (Lipinski definition) is 0. The van der Waals surface area contributed by atoms with Gasteiger partial charge in [-0.2, -0.15) is 0 Å². The number of rotatable bonds is 4. The van der Waals surface area contributed by atoms with Crippen LogP contribution in [0.3, 0.4) is 0 Å². The van der Waals surface area contributed by atoms with Crippen molar-refractivity contribution in [1.82, 2.24) is 14.4 Å². The Morgan fingerprint density at radius 3 is 1.94 bits per heavy atom. The van der Waals surface area contributed by atoms with E-state index >= 15 is 0 Å². The number of halogens is 1. The summed E-state index contributed by atoms with van der Waals surface area (Å²) in [4.78, 5) is 53.6. The minimum Gasteiger partial charge on any atom is -0.313 e. The Morgan fingerprint density at radius 1 is 0.879 bits per heavy atom. The van der Waals surface area contributed by atoms with Crippen LogP contribution in [0.2, 0.25) is 5.02 Å². The molecule has 0 atom stereocenters. The van der Waals surface area contributed by atoms with Gasteiger partial charge in [0.2, 0.25) is 11.8 Å². The van der Waals surface area contributed by atoms with Gasteiger partial charge in [0.15, 0.2) is 5.78 Å². The van der Waals surface area contributed by atoms with Crippen LogP contribution in [-0.2, 0) is 9.59 Å². The molecule has 7 nitrogen and oxygen atoms in total. The zero-order chi connectivity index (χ0) is 24.0. The normalized spacial score (nSPS) is 14.9. The van der Waals surface area contributed by atoms with Gasteiger partial charge in [0.1, 0.15) is 5.92 Å². The highest BCUT2D eigenvalue weighted by molar-refractivity contribution is 6.30. The summed E-state index contributed by atoms with van der Waals surface area (Å²) in [5, 5.41) is 0.552. The van der Waals surface area contributed by atoms with Crippen molar-refractivity contribution < 1.29 is 19.2 Å². The average molecular weight is 464 g/mol. The van der Waals surface area contributed by atoms with Gasteiger partial charge in [-0.3, -0.25) is 24.2 Å². The van der Waals surface area contributed by atoms with Crippen molar-refractivity contribution in [3.63, 3.8) is 0 Å². The molecule has 1 aliphatic rings. The van der Waals surface area contributed by atoms with Crippen LogP contribution in [0.4, 0.5) is 4.79 Å². The molecule has 1 aliphatic heterocycles. The van der Waals surface area contributed by atoms with E-state index in [4.69, 9.17) is 11.6 Å². The third-order valence-corrected chi connectivity index (χ3v) is 6.20. The molecule has 1 saturated heterocycles. The van der Waals surface area contributed by atoms with Crippen molar-refractivity contribution >= 4 is 35.2 Å². The highest BCUT2D eigenvalue weighted by Gasteiger charge is 2.47. The summed E-state index contributed by atoms with van der Waals surface area (Å²) < 4.78 is 1.86. The zero-order valence-corrected chi connectivity index (χ0v) is 19.4. The van der Waals surface area contributed by atoms with Gasteiger partial charge in [0.05, 0.1) is 5.69 Å². The first-order valence-corrected chi connectivity index (χ1v) is 10.7. The van der Waals surface area contributed by atoms with Crippen molar-refractivity contribution in [1.29, 1.82) is 0 Å². The highest BCUT2D eigenvalue weighted by Crippen LogP contribution is 2.41. The lowest BCUT2D eigenvalue weighted by atomic mass is 9.87. The Balaban J connectivity index is 2.13. The van der Waals surface area contributed by atoms with E-state index in [1.807, 2.05) is 47.0 Å². The van der Waals surface area contributed by atoms with Crippen LogP contribution in [0.15, 0.2) is 54.6 Å². The van der Waals surface area contributed by atoms with E-state index in [1.165, 1.54) is 21.0 Å². The van der Waals surface area contributed by atoms with Crippen molar-refractivity contribution in [3.05, 3.63) is 76.4 Å². The molecule has 0 N–H and O–H groups in total. The van der Waals surface area contributed by atoms with Crippen LogP contribution in [0.5, 0.6) is 0 Å². The third-order valence-electron chi connectivity index (χ3n) is 5.95. The number of carbonyl (C=O) groups is 4. The number of likely N-dealkylation sites (N-methyl/N-ethyl adjacent to an activating group) is 2. The molecule has 0 radical (unpaired) electrons. The van der Waals surface area contributed by atoms with E-state index in [-0.39, 0.29) is 11.3 Å². The minimum atomic E-state index is -1.33. The molecule has 1 aromatic heterocycles. The van der Waals surface area contributed by atoms with Crippen molar-refractivity contribution in [2.24, 2.45) is 0 Å². The lowest BCUT2D eigenvalue weighted by Crippen LogP contribution is -2.56. The van der Waals surface area contributed by atoms with E-state index in [9.17, 15) is 19.2 Å². The fourth-order valence-corrected chi connectivity index (χ4v) is 4.51. The monoisotopic (exact) mass is 463 g/mol. The Hall–Kier alpha value is -3.71. The minimum absolute atomic E-state index is 0.282. The number of barbiturate groups is 1. The number of amides is 4. The number of benzene rings is 2. The second-order valence-corrected chi connectivity index (χ2v) is 8.40. The van der Waals surface area contributed by atoms with Crippen LogP contribution in [0.25, 0.3) is 16.9 Å². The van der Waals surface area contributed by atoms with E-state index in [1.54, 1.807) is 19.1 Å². The van der Waals surface area contributed by atoms with E-state index in [0.29, 0.717) is 22.0 Å². The number of nitrogens with zero attached hydrogens (tertiary/aromatic N) is 3.